The summed E-state index contributed by atoms with van der Waals surface area (Å²) in [5.41, 5.74) is 0.890. The maximum atomic E-state index is 10.8. The monoisotopic (exact) mass is 261 g/mol. The summed E-state index contributed by atoms with van der Waals surface area (Å²) in [6.45, 7) is 3.82. The van der Waals surface area contributed by atoms with Gasteiger partial charge in [-0.05, 0) is 26.9 Å². The molecule has 98 valence electrons. The first-order valence-electron chi connectivity index (χ1n) is 5.42. The molecule has 1 heterocycles. The summed E-state index contributed by atoms with van der Waals surface area (Å²) in [4.78, 5) is 2.07. The number of aryl methyl sites for hydroxylation is 1. The molecule has 0 atom stereocenters. The number of nitrogens with zero attached hydrogens (tertiary/aromatic N) is 2. The average Bonchev–Trinajstić information content (AvgIpc) is 2.57. The third kappa shape index (κ3) is 6.40. The minimum absolute atomic E-state index is 0.459. The number of nitrogens with one attached hydrogen (secondary N) is 1. The maximum absolute atomic E-state index is 10.8. The minimum Gasteiger partial charge on any atom is -0.361 e. The maximum Gasteiger partial charge on any atom is 0.208 e. The van der Waals surface area contributed by atoms with Gasteiger partial charge in [0.2, 0.25) is 10.0 Å². The van der Waals surface area contributed by atoms with Crippen LogP contribution in [0.1, 0.15) is 17.9 Å². The lowest BCUT2D eigenvalue weighted by molar-refractivity contribution is 0.305. The Morgan fingerprint density at radius 3 is 2.76 bits per heavy atom. The van der Waals surface area contributed by atoms with Crippen LogP contribution in [0.25, 0.3) is 0 Å². The molecule has 1 aromatic rings. The molecule has 0 saturated carbocycles. The molecule has 0 aliphatic carbocycles. The number of hydrogen-bond acceptors (Lipinski definition) is 5. The van der Waals surface area contributed by atoms with Crippen LogP contribution < -0.4 is 4.72 Å². The molecule has 7 heteroatoms. The average molecular weight is 261 g/mol. The third-order valence-electron chi connectivity index (χ3n) is 2.19. The highest BCUT2D eigenvalue weighted by molar-refractivity contribution is 7.88. The molecule has 0 aromatic carbocycles. The van der Waals surface area contributed by atoms with Crippen LogP contribution in [-0.2, 0) is 16.6 Å². The van der Waals surface area contributed by atoms with Gasteiger partial charge >= 0.3 is 0 Å². The van der Waals surface area contributed by atoms with Gasteiger partial charge in [0.25, 0.3) is 0 Å². The molecule has 0 fully saturated rings. The summed E-state index contributed by atoms with van der Waals surface area (Å²) in [7, 11) is -1.11. The lowest BCUT2D eigenvalue weighted by Gasteiger charge is -2.14. The van der Waals surface area contributed by atoms with E-state index >= 15 is 0 Å². The number of rotatable bonds is 7. The Morgan fingerprint density at radius 1 is 1.53 bits per heavy atom. The second-order valence-electron chi connectivity index (χ2n) is 4.19. The fourth-order valence-corrected chi connectivity index (χ4v) is 1.97. The summed E-state index contributed by atoms with van der Waals surface area (Å²) >= 11 is 0. The molecule has 1 aromatic heterocycles. The number of aromatic nitrogens is 1. The highest BCUT2D eigenvalue weighted by Crippen LogP contribution is 2.04. The zero-order valence-electron chi connectivity index (χ0n) is 10.4. The van der Waals surface area contributed by atoms with Gasteiger partial charge in [0, 0.05) is 19.2 Å². The summed E-state index contributed by atoms with van der Waals surface area (Å²) < 4.78 is 29.1. The lowest BCUT2D eigenvalue weighted by atomic mass is 10.3. The van der Waals surface area contributed by atoms with Gasteiger partial charge in [-0.15, -0.1) is 0 Å². The summed E-state index contributed by atoms with van der Waals surface area (Å²) in [5, 5.41) is 3.90. The van der Waals surface area contributed by atoms with Gasteiger partial charge in [-0.1, -0.05) is 5.16 Å². The molecule has 1 N–H and O–H groups in total. The van der Waals surface area contributed by atoms with E-state index in [0.717, 1.165) is 30.7 Å². The van der Waals surface area contributed by atoms with E-state index in [1.807, 2.05) is 20.0 Å². The molecule has 0 bridgehead atoms. The molecule has 0 spiro atoms. The molecular formula is C10H19N3O3S. The first-order valence-corrected chi connectivity index (χ1v) is 7.31. The van der Waals surface area contributed by atoms with Crippen molar-refractivity contribution in [3.63, 3.8) is 0 Å². The second-order valence-corrected chi connectivity index (χ2v) is 6.02. The Bertz CT molecular complexity index is 441. The predicted molar refractivity (Wildman–Crippen MR) is 65.0 cm³/mol. The Hall–Kier alpha value is -0.920. The van der Waals surface area contributed by atoms with Crippen LogP contribution in [0.15, 0.2) is 10.6 Å². The first kappa shape index (κ1) is 14.1. The largest absolute Gasteiger partial charge is 0.361 e. The zero-order chi connectivity index (χ0) is 12.9. The normalized spacial score (nSPS) is 12.2. The SMILES string of the molecule is Cc1cc(CN(C)CCCNS(C)(=O)=O)no1. The highest BCUT2D eigenvalue weighted by atomic mass is 32.2. The van der Waals surface area contributed by atoms with Crippen molar-refractivity contribution in [3.05, 3.63) is 17.5 Å². The van der Waals surface area contributed by atoms with Crippen molar-refractivity contribution < 1.29 is 12.9 Å². The third-order valence-corrected chi connectivity index (χ3v) is 2.92. The van der Waals surface area contributed by atoms with Crippen LogP contribution >= 0.6 is 0 Å². The van der Waals surface area contributed by atoms with Gasteiger partial charge < -0.3 is 9.42 Å². The molecule has 0 aliphatic rings. The van der Waals surface area contributed by atoms with Crippen LogP contribution in [-0.4, -0.2) is 44.9 Å². The van der Waals surface area contributed by atoms with Crippen molar-refractivity contribution in [2.24, 2.45) is 0 Å². The van der Waals surface area contributed by atoms with Gasteiger partial charge in [-0.3, -0.25) is 0 Å². The Labute approximate surface area is 102 Å². The van der Waals surface area contributed by atoms with E-state index in [0.29, 0.717) is 13.1 Å². The second kappa shape index (κ2) is 6.13. The Balaban J connectivity index is 2.20. The first-order chi connectivity index (χ1) is 7.87. The van der Waals surface area contributed by atoms with E-state index in [4.69, 9.17) is 4.52 Å². The van der Waals surface area contributed by atoms with Crippen LogP contribution in [0.3, 0.4) is 0 Å². The van der Waals surface area contributed by atoms with Crippen molar-refractivity contribution in [3.8, 4) is 0 Å². The Morgan fingerprint density at radius 2 is 2.24 bits per heavy atom. The van der Waals surface area contributed by atoms with E-state index < -0.39 is 10.0 Å². The van der Waals surface area contributed by atoms with Gasteiger partial charge in [0.05, 0.1) is 11.9 Å². The van der Waals surface area contributed by atoms with Crippen molar-refractivity contribution in [2.75, 3.05) is 26.4 Å². The molecule has 0 amide bonds. The van der Waals surface area contributed by atoms with Crippen LogP contribution in [0.5, 0.6) is 0 Å². The van der Waals surface area contributed by atoms with Gasteiger partial charge in [0.15, 0.2) is 0 Å². The lowest BCUT2D eigenvalue weighted by Crippen LogP contribution is -2.27. The highest BCUT2D eigenvalue weighted by Gasteiger charge is 2.05. The molecule has 0 unspecified atom stereocenters. The standard InChI is InChI=1S/C10H19N3O3S/c1-9-7-10(12-16-9)8-13(2)6-4-5-11-17(3,14)15/h7,11H,4-6,8H2,1-3H3. The van der Waals surface area contributed by atoms with Gasteiger partial charge in [0.1, 0.15) is 5.76 Å². The molecule has 17 heavy (non-hydrogen) atoms. The quantitative estimate of drug-likeness (QED) is 0.717. The van der Waals surface area contributed by atoms with Gasteiger partial charge in [-0.2, -0.15) is 0 Å². The van der Waals surface area contributed by atoms with E-state index in [-0.39, 0.29) is 0 Å². The van der Waals surface area contributed by atoms with Crippen LogP contribution in [0, 0.1) is 6.92 Å². The topological polar surface area (TPSA) is 75.4 Å². The molecule has 0 aliphatic heterocycles. The van der Waals surface area contributed by atoms with Crippen molar-refractivity contribution in [2.45, 2.75) is 19.9 Å². The fourth-order valence-electron chi connectivity index (χ4n) is 1.45. The van der Waals surface area contributed by atoms with Crippen molar-refractivity contribution >= 4 is 10.0 Å². The van der Waals surface area contributed by atoms with Crippen molar-refractivity contribution in [1.29, 1.82) is 0 Å². The summed E-state index contributed by atoms with van der Waals surface area (Å²) in [6, 6.07) is 1.89. The van der Waals surface area contributed by atoms with Crippen LogP contribution in [0.4, 0.5) is 0 Å². The molecule has 0 saturated heterocycles. The summed E-state index contributed by atoms with van der Waals surface area (Å²) in [6.07, 6.45) is 1.93. The number of hydrogen-bond donors (Lipinski definition) is 1. The zero-order valence-corrected chi connectivity index (χ0v) is 11.2. The predicted octanol–water partition coefficient (Wildman–Crippen LogP) is 0.354. The van der Waals surface area contributed by atoms with E-state index in [2.05, 4.69) is 14.8 Å². The Kier molecular flexibility index (Phi) is 5.10. The van der Waals surface area contributed by atoms with Gasteiger partial charge in [-0.25, -0.2) is 13.1 Å². The molecular weight excluding hydrogens is 242 g/mol. The minimum atomic E-state index is -3.07. The summed E-state index contributed by atoms with van der Waals surface area (Å²) in [5.74, 6) is 0.798. The van der Waals surface area contributed by atoms with Crippen LogP contribution in [0.2, 0.25) is 0 Å². The molecule has 6 nitrogen and oxygen atoms in total. The fraction of sp³-hybridized carbons (Fsp3) is 0.700. The van der Waals surface area contributed by atoms with E-state index in [1.54, 1.807) is 0 Å². The van der Waals surface area contributed by atoms with E-state index in [1.165, 1.54) is 0 Å². The number of sulfonamides is 1. The molecule has 1 rings (SSSR count). The van der Waals surface area contributed by atoms with Crippen molar-refractivity contribution in [1.82, 2.24) is 14.8 Å². The molecule has 0 radical (unpaired) electrons. The van der Waals surface area contributed by atoms with E-state index in [9.17, 15) is 8.42 Å². The smallest absolute Gasteiger partial charge is 0.208 e.